The van der Waals surface area contributed by atoms with Crippen LogP contribution in [0.5, 0.6) is 0 Å². The van der Waals surface area contributed by atoms with E-state index in [-0.39, 0.29) is 5.69 Å². The minimum atomic E-state index is -4.66. The van der Waals surface area contributed by atoms with Crippen molar-refractivity contribution in [2.24, 2.45) is 11.8 Å². The van der Waals surface area contributed by atoms with Gasteiger partial charge in [-0.15, -0.1) is 11.3 Å². The molecule has 2 aromatic rings. The van der Waals surface area contributed by atoms with Crippen molar-refractivity contribution in [3.8, 4) is 0 Å². The van der Waals surface area contributed by atoms with E-state index in [0.717, 1.165) is 9.78 Å². The molecule has 0 aromatic carbocycles. The molecule has 3 heterocycles. The molecule has 0 unspecified atom stereocenters. The van der Waals surface area contributed by atoms with E-state index in [2.05, 4.69) is 0 Å². The van der Waals surface area contributed by atoms with Crippen LogP contribution < -0.4 is 0 Å². The largest absolute Gasteiger partial charge is 0.481 e. The van der Waals surface area contributed by atoms with Gasteiger partial charge in [-0.1, -0.05) is 6.07 Å². The zero-order valence-electron chi connectivity index (χ0n) is 12.9. The lowest BCUT2D eigenvalue weighted by atomic mass is 9.96. The van der Waals surface area contributed by atoms with Gasteiger partial charge in [0, 0.05) is 24.2 Å². The van der Waals surface area contributed by atoms with E-state index in [1.54, 1.807) is 16.8 Å². The van der Waals surface area contributed by atoms with Gasteiger partial charge in [0.1, 0.15) is 5.69 Å². The second-order valence-corrected chi connectivity index (χ2v) is 6.94. The number of rotatable bonds is 4. The molecule has 9 heteroatoms. The van der Waals surface area contributed by atoms with Crippen LogP contribution >= 0.6 is 11.3 Å². The third-order valence-electron chi connectivity index (χ3n) is 4.30. The number of halogens is 3. The van der Waals surface area contributed by atoms with E-state index in [9.17, 15) is 22.8 Å². The van der Waals surface area contributed by atoms with Gasteiger partial charge in [-0.25, -0.2) is 0 Å². The summed E-state index contributed by atoms with van der Waals surface area (Å²) in [6.45, 7) is -0.642. The molecule has 1 fully saturated rings. The van der Waals surface area contributed by atoms with Gasteiger partial charge in [-0.05, 0) is 23.6 Å². The average molecular weight is 372 g/mol. The molecular formula is C16H15F3N2O3S. The topological polar surface area (TPSA) is 62.5 Å². The number of carboxylic acid groups (broad SMARTS) is 1. The Morgan fingerprint density at radius 3 is 2.56 bits per heavy atom. The number of hydrogen-bond donors (Lipinski definition) is 1. The molecule has 1 N–H and O–H groups in total. The first kappa shape index (κ1) is 17.5. The third kappa shape index (κ3) is 3.55. The van der Waals surface area contributed by atoms with Crippen LogP contribution in [-0.2, 0) is 11.3 Å². The first-order valence-corrected chi connectivity index (χ1v) is 8.41. The average Bonchev–Trinajstić information content (AvgIpc) is 3.26. The molecule has 134 valence electrons. The van der Waals surface area contributed by atoms with Crippen molar-refractivity contribution in [3.63, 3.8) is 0 Å². The second-order valence-electron chi connectivity index (χ2n) is 5.90. The maximum Gasteiger partial charge on any atom is 0.394 e. The maximum absolute atomic E-state index is 13.1. The molecular weight excluding hydrogens is 357 g/mol. The number of hydrogen-bond acceptors (Lipinski definition) is 3. The number of carbonyl (C=O) groups is 2. The molecule has 1 aliphatic heterocycles. The lowest BCUT2D eigenvalue weighted by molar-refractivity contribution is -0.187. The maximum atomic E-state index is 13.1. The van der Waals surface area contributed by atoms with Crippen molar-refractivity contribution in [2.45, 2.75) is 12.7 Å². The molecule has 0 radical (unpaired) electrons. The highest BCUT2D eigenvalue weighted by Crippen LogP contribution is 2.38. The number of aromatic nitrogens is 1. The number of alkyl halides is 3. The number of carboxylic acids is 1. The predicted molar refractivity (Wildman–Crippen MR) is 84.4 cm³/mol. The smallest absolute Gasteiger partial charge is 0.394 e. The Bertz CT molecular complexity index is 770. The summed E-state index contributed by atoms with van der Waals surface area (Å²) in [7, 11) is 0. The molecule has 1 aliphatic rings. The van der Waals surface area contributed by atoms with Crippen LogP contribution in [0.4, 0.5) is 13.2 Å². The summed E-state index contributed by atoms with van der Waals surface area (Å²) >= 11 is 1.51. The van der Waals surface area contributed by atoms with Gasteiger partial charge in [-0.2, -0.15) is 13.2 Å². The van der Waals surface area contributed by atoms with Gasteiger partial charge < -0.3 is 14.6 Å². The predicted octanol–water partition coefficient (Wildman–Crippen LogP) is 2.93. The second kappa shape index (κ2) is 6.55. The number of thiophene rings is 1. The summed E-state index contributed by atoms with van der Waals surface area (Å²) in [6, 6.07) is 6.95. The van der Waals surface area contributed by atoms with Crippen LogP contribution in [-0.4, -0.2) is 45.7 Å². The molecule has 0 bridgehead atoms. The van der Waals surface area contributed by atoms with Crippen molar-refractivity contribution in [3.05, 3.63) is 46.4 Å². The first-order valence-electron chi connectivity index (χ1n) is 7.53. The van der Waals surface area contributed by atoms with E-state index in [1.807, 2.05) is 17.5 Å². The van der Waals surface area contributed by atoms with Crippen molar-refractivity contribution in [1.29, 1.82) is 0 Å². The fraction of sp³-hybridized carbons (Fsp3) is 0.375. The Balaban J connectivity index is 1.80. The Labute approximate surface area is 145 Å². The highest BCUT2D eigenvalue weighted by atomic mass is 32.1. The van der Waals surface area contributed by atoms with Gasteiger partial charge in [-0.3, -0.25) is 9.59 Å². The summed E-state index contributed by atoms with van der Waals surface area (Å²) < 4.78 is 40.9. The van der Waals surface area contributed by atoms with Gasteiger partial charge >= 0.3 is 12.1 Å². The molecule has 25 heavy (non-hydrogen) atoms. The Morgan fingerprint density at radius 1 is 1.24 bits per heavy atom. The summed E-state index contributed by atoms with van der Waals surface area (Å²) in [5.41, 5.74) is 0.250. The Kier molecular flexibility index (Phi) is 4.59. The zero-order valence-corrected chi connectivity index (χ0v) is 13.8. The number of nitrogens with zero attached hydrogens (tertiary/aromatic N) is 2. The van der Waals surface area contributed by atoms with E-state index in [1.165, 1.54) is 17.4 Å². The lowest BCUT2D eigenvalue weighted by Gasteiger charge is -2.19. The van der Waals surface area contributed by atoms with E-state index in [0.29, 0.717) is 6.54 Å². The lowest BCUT2D eigenvalue weighted by Crippen LogP contribution is -2.34. The molecule has 0 spiro atoms. The van der Waals surface area contributed by atoms with Crippen molar-refractivity contribution >= 4 is 23.2 Å². The van der Waals surface area contributed by atoms with Crippen molar-refractivity contribution < 1.29 is 27.9 Å². The van der Waals surface area contributed by atoms with E-state index < -0.39 is 43.0 Å². The molecule has 5 nitrogen and oxygen atoms in total. The number of carbonyl (C=O) groups excluding carboxylic acids is 1. The minimum absolute atomic E-state index is 0.250. The highest BCUT2D eigenvalue weighted by molar-refractivity contribution is 7.09. The van der Waals surface area contributed by atoms with Gasteiger partial charge in [0.05, 0.1) is 18.4 Å². The molecule has 3 rings (SSSR count). The SMILES string of the molecule is O=C(O)[C@@H]1CN(C(=O)c2cccn2Cc2cccs2)C[C@H]1C(F)(F)F. The van der Waals surface area contributed by atoms with Crippen LogP contribution in [0.1, 0.15) is 15.4 Å². The Hall–Kier alpha value is -2.29. The van der Waals surface area contributed by atoms with Gasteiger partial charge in [0.2, 0.25) is 0 Å². The number of amides is 1. The highest BCUT2D eigenvalue weighted by Gasteiger charge is 2.53. The fourth-order valence-electron chi connectivity index (χ4n) is 3.03. The summed E-state index contributed by atoms with van der Waals surface area (Å²) in [5.74, 6) is -5.80. The molecule has 0 saturated carbocycles. The Morgan fingerprint density at radius 2 is 2.00 bits per heavy atom. The molecule has 2 atom stereocenters. The number of likely N-dealkylation sites (tertiary alicyclic amines) is 1. The minimum Gasteiger partial charge on any atom is -0.481 e. The monoisotopic (exact) mass is 372 g/mol. The van der Waals surface area contributed by atoms with Crippen LogP contribution in [0, 0.1) is 11.8 Å². The van der Waals surface area contributed by atoms with E-state index >= 15 is 0 Å². The zero-order chi connectivity index (χ0) is 18.2. The van der Waals surface area contributed by atoms with Crippen LogP contribution in [0.25, 0.3) is 0 Å². The quantitative estimate of drug-likeness (QED) is 0.898. The van der Waals surface area contributed by atoms with Gasteiger partial charge in [0.15, 0.2) is 0 Å². The molecule has 0 aliphatic carbocycles. The van der Waals surface area contributed by atoms with Gasteiger partial charge in [0.25, 0.3) is 5.91 Å². The van der Waals surface area contributed by atoms with Crippen LogP contribution in [0.3, 0.4) is 0 Å². The molecule has 1 saturated heterocycles. The molecule has 2 aromatic heterocycles. The third-order valence-corrected chi connectivity index (χ3v) is 5.16. The number of aliphatic carboxylic acids is 1. The van der Waals surface area contributed by atoms with Crippen LogP contribution in [0.15, 0.2) is 35.8 Å². The fourth-order valence-corrected chi connectivity index (χ4v) is 3.73. The summed E-state index contributed by atoms with van der Waals surface area (Å²) in [6.07, 6.45) is -2.98. The summed E-state index contributed by atoms with van der Waals surface area (Å²) in [4.78, 5) is 25.8. The normalized spacial score (nSPS) is 20.8. The first-order chi connectivity index (χ1) is 11.8. The standard InChI is InChI=1S/C16H15F3N2O3S/c17-16(18,19)12-9-21(8-11(12)15(23)24)14(22)13-4-1-5-20(13)7-10-3-2-6-25-10/h1-6,11-12H,7-9H2,(H,23,24)/t11-,12-/m1/s1. The van der Waals surface area contributed by atoms with Crippen molar-refractivity contribution in [2.75, 3.05) is 13.1 Å². The van der Waals surface area contributed by atoms with Crippen LogP contribution in [0.2, 0.25) is 0 Å². The van der Waals surface area contributed by atoms with Crippen molar-refractivity contribution in [1.82, 2.24) is 9.47 Å². The molecule has 1 amide bonds. The van der Waals surface area contributed by atoms with E-state index in [4.69, 9.17) is 5.11 Å². The summed E-state index contributed by atoms with van der Waals surface area (Å²) in [5, 5.41) is 11.0.